The predicted octanol–water partition coefficient (Wildman–Crippen LogP) is 3.26. The highest BCUT2D eigenvalue weighted by Crippen LogP contribution is 2.54. The second-order valence-electron chi connectivity index (χ2n) is 13.1. The van der Waals surface area contributed by atoms with Crippen molar-refractivity contribution in [2.75, 3.05) is 7.11 Å². The van der Waals surface area contributed by atoms with Gasteiger partial charge in [-0.2, -0.15) is 0 Å². The van der Waals surface area contributed by atoms with E-state index in [-0.39, 0.29) is 65.9 Å². The van der Waals surface area contributed by atoms with Crippen molar-refractivity contribution in [3.05, 3.63) is 36.0 Å². The molecule has 2 heterocycles. The molecule has 42 heavy (non-hydrogen) atoms. The normalized spacial score (nSPS) is 45.3. The molecular weight excluding hydrogens is 540 g/mol. The molecule has 234 valence electrons. The van der Waals surface area contributed by atoms with Crippen molar-refractivity contribution in [2.24, 2.45) is 35.5 Å². The number of methoxy groups -OCH3 is 1. The lowest BCUT2D eigenvalue weighted by molar-refractivity contribution is -0.308. The maximum absolute atomic E-state index is 13.7. The minimum atomic E-state index is -1.11. The number of Topliss-reactive ketones (excluding diaryl/α,β-unsaturated/α-hetero) is 1. The molecule has 0 aromatic heterocycles. The molecular formula is C33H48O9. The largest absolute Gasteiger partial charge is 0.458 e. The first-order chi connectivity index (χ1) is 20.1. The van der Waals surface area contributed by atoms with Crippen LogP contribution < -0.4 is 0 Å². The molecule has 9 nitrogen and oxygen atoms in total. The van der Waals surface area contributed by atoms with Crippen LogP contribution >= 0.6 is 0 Å². The van der Waals surface area contributed by atoms with Gasteiger partial charge >= 0.3 is 5.97 Å². The van der Waals surface area contributed by atoms with Gasteiger partial charge in [-0.05, 0) is 81.3 Å². The maximum atomic E-state index is 13.7. The quantitative estimate of drug-likeness (QED) is 0.327. The third-order valence-electron chi connectivity index (χ3n) is 10.1. The maximum Gasteiger partial charge on any atom is 0.307 e. The summed E-state index contributed by atoms with van der Waals surface area (Å²) in [5.41, 5.74) is 0.766. The molecule has 0 bridgehead atoms. The minimum Gasteiger partial charge on any atom is -0.458 e. The first-order valence-electron chi connectivity index (χ1n) is 15.8. The Labute approximate surface area is 248 Å². The molecule has 0 radical (unpaired) electrons. The molecule has 0 aromatic rings. The molecule has 1 saturated carbocycles. The average molecular weight is 589 g/mol. The Kier molecular flexibility index (Phi) is 10.1. The lowest BCUT2D eigenvalue weighted by Crippen LogP contribution is -2.58. The third-order valence-corrected chi connectivity index (χ3v) is 10.1. The molecule has 9 heteroatoms. The number of allylic oxidation sites excluding steroid dienone is 4. The number of cyclic esters (lactones) is 1. The van der Waals surface area contributed by atoms with Crippen LogP contribution in [-0.2, 0) is 28.5 Å². The van der Waals surface area contributed by atoms with Gasteiger partial charge in [0.05, 0.1) is 24.7 Å². The summed E-state index contributed by atoms with van der Waals surface area (Å²) in [6.07, 6.45) is 9.41. The Morgan fingerprint density at radius 2 is 1.81 bits per heavy atom. The van der Waals surface area contributed by atoms with Crippen molar-refractivity contribution in [1.29, 1.82) is 0 Å². The lowest BCUT2D eigenvalue weighted by Gasteiger charge is -2.41. The van der Waals surface area contributed by atoms with Gasteiger partial charge in [-0.15, -0.1) is 0 Å². The van der Waals surface area contributed by atoms with E-state index >= 15 is 0 Å². The summed E-state index contributed by atoms with van der Waals surface area (Å²) in [6, 6.07) is 0. The van der Waals surface area contributed by atoms with E-state index in [9.17, 15) is 24.9 Å². The Morgan fingerprint density at radius 3 is 2.55 bits per heavy atom. The number of aliphatic hydroxyl groups is 3. The Morgan fingerprint density at radius 1 is 1.05 bits per heavy atom. The van der Waals surface area contributed by atoms with Crippen molar-refractivity contribution >= 4 is 11.8 Å². The smallest absolute Gasteiger partial charge is 0.307 e. The van der Waals surface area contributed by atoms with Crippen molar-refractivity contribution in [3.63, 3.8) is 0 Å². The summed E-state index contributed by atoms with van der Waals surface area (Å²) >= 11 is 0. The number of hydrogen-bond donors (Lipinski definition) is 3. The van der Waals surface area contributed by atoms with Gasteiger partial charge in [0.1, 0.15) is 24.4 Å². The van der Waals surface area contributed by atoms with E-state index in [4.69, 9.17) is 18.9 Å². The molecule has 0 aromatic carbocycles. The minimum absolute atomic E-state index is 0.0349. The summed E-state index contributed by atoms with van der Waals surface area (Å²) in [4.78, 5) is 27.0. The monoisotopic (exact) mass is 588 g/mol. The Bertz CT molecular complexity index is 1070. The molecule has 2 aliphatic heterocycles. The number of carbonyl (C=O) groups is 2. The zero-order valence-electron chi connectivity index (χ0n) is 25.2. The molecule has 3 fully saturated rings. The van der Waals surface area contributed by atoms with Crippen LogP contribution in [-0.4, -0.2) is 83.2 Å². The first-order valence-corrected chi connectivity index (χ1v) is 15.8. The van der Waals surface area contributed by atoms with Gasteiger partial charge in [0.25, 0.3) is 0 Å². The van der Waals surface area contributed by atoms with Crippen LogP contribution in [0.25, 0.3) is 0 Å². The summed E-state index contributed by atoms with van der Waals surface area (Å²) in [7, 11) is 1.47. The van der Waals surface area contributed by atoms with Crippen LogP contribution in [0.1, 0.15) is 65.7 Å². The Hall–Kier alpha value is -1.88. The van der Waals surface area contributed by atoms with E-state index in [2.05, 4.69) is 18.2 Å². The molecule has 7 unspecified atom stereocenters. The van der Waals surface area contributed by atoms with E-state index in [0.717, 1.165) is 37.7 Å². The van der Waals surface area contributed by atoms with Crippen LogP contribution in [0.5, 0.6) is 0 Å². The van der Waals surface area contributed by atoms with Crippen LogP contribution in [0.3, 0.4) is 0 Å². The highest BCUT2D eigenvalue weighted by atomic mass is 16.7. The van der Waals surface area contributed by atoms with Crippen molar-refractivity contribution in [2.45, 2.75) is 115 Å². The van der Waals surface area contributed by atoms with Crippen LogP contribution in [0.4, 0.5) is 0 Å². The number of esters is 1. The first kappa shape index (κ1) is 31.5. The van der Waals surface area contributed by atoms with Crippen molar-refractivity contribution in [1.82, 2.24) is 0 Å². The lowest BCUT2D eigenvalue weighted by atomic mass is 9.70. The van der Waals surface area contributed by atoms with Crippen molar-refractivity contribution < 1.29 is 43.9 Å². The van der Waals surface area contributed by atoms with Gasteiger partial charge in [0.15, 0.2) is 12.1 Å². The molecule has 2 saturated heterocycles. The van der Waals surface area contributed by atoms with Gasteiger partial charge in [0, 0.05) is 18.9 Å². The van der Waals surface area contributed by atoms with Crippen molar-refractivity contribution in [3.8, 4) is 0 Å². The molecule has 0 amide bonds. The zero-order valence-corrected chi connectivity index (χ0v) is 25.2. The number of ether oxygens (including phenoxy) is 4. The number of aliphatic hydroxyl groups excluding tert-OH is 3. The summed E-state index contributed by atoms with van der Waals surface area (Å²) < 4.78 is 23.6. The second kappa shape index (κ2) is 13.4. The standard InChI is InChI=1S/C33H48O9/c1-17-7-5-6-8-21(11-9-18(2)34)41-28(35)16-26-23-12-10-20-13-22(14-24(20)25(23)15-27(26)29(17)36)42-33-32(39-4)31(38)30(37)19(3)40-33/h9-12,15,17-26,30-34,37-38H,5-8,13-14,16H2,1-4H3/b11-9+/t17-,18?,19+,20?,21-,22?,23?,24?,25?,26?,30+,31-,32-,33+/m1/s1. The topological polar surface area (TPSA) is 132 Å². The van der Waals surface area contributed by atoms with E-state index in [1.807, 2.05) is 6.92 Å². The van der Waals surface area contributed by atoms with Crippen LogP contribution in [0.2, 0.25) is 0 Å². The fraction of sp³-hybridized carbons (Fsp3) is 0.758. The summed E-state index contributed by atoms with van der Waals surface area (Å²) in [6.45, 7) is 5.38. The Balaban J connectivity index is 1.32. The summed E-state index contributed by atoms with van der Waals surface area (Å²) in [5, 5.41) is 30.4. The average Bonchev–Trinajstić information content (AvgIpc) is 3.52. The zero-order chi connectivity index (χ0) is 30.1. The van der Waals surface area contributed by atoms with E-state index < -0.39 is 36.8 Å². The molecule has 3 aliphatic carbocycles. The number of rotatable bonds is 5. The summed E-state index contributed by atoms with van der Waals surface area (Å²) in [5.74, 6) is 0.153. The van der Waals surface area contributed by atoms with E-state index in [1.54, 1.807) is 26.0 Å². The molecule has 0 spiro atoms. The van der Waals surface area contributed by atoms with Gasteiger partial charge in [-0.3, -0.25) is 9.59 Å². The van der Waals surface area contributed by atoms with Crippen LogP contribution in [0.15, 0.2) is 36.0 Å². The van der Waals surface area contributed by atoms with Crippen LogP contribution in [0, 0.1) is 35.5 Å². The molecule has 5 rings (SSSR count). The molecule has 14 atom stereocenters. The fourth-order valence-electron chi connectivity index (χ4n) is 7.84. The van der Waals surface area contributed by atoms with Gasteiger partial charge in [-0.25, -0.2) is 0 Å². The predicted molar refractivity (Wildman–Crippen MR) is 154 cm³/mol. The van der Waals surface area contributed by atoms with E-state index in [0.29, 0.717) is 6.42 Å². The highest BCUT2D eigenvalue weighted by Gasteiger charge is 2.51. The van der Waals surface area contributed by atoms with Gasteiger partial charge in [0.2, 0.25) is 0 Å². The highest BCUT2D eigenvalue weighted by molar-refractivity contribution is 5.98. The number of fused-ring (bicyclic) bond motifs is 5. The molecule has 5 aliphatic rings. The fourth-order valence-corrected chi connectivity index (χ4v) is 7.84. The number of hydrogen-bond acceptors (Lipinski definition) is 9. The molecule has 3 N–H and O–H groups in total. The van der Waals surface area contributed by atoms with Gasteiger partial charge in [-0.1, -0.05) is 37.6 Å². The second-order valence-corrected chi connectivity index (χ2v) is 13.1. The third kappa shape index (κ3) is 6.61. The SMILES string of the molecule is CO[C@H]1[C@H](OC2CC3C=CC4C5CC(=O)O[C@@H](/C=C/C(C)O)CCCC[C@@H](C)C(=O)C5=CC4C3C2)O[C@@H](C)[C@H](O)[C@H]1O. The van der Waals surface area contributed by atoms with E-state index in [1.165, 1.54) is 7.11 Å². The van der Waals surface area contributed by atoms with Gasteiger partial charge < -0.3 is 34.3 Å². The number of carbonyl (C=O) groups excluding carboxylic acids is 2. The number of ketones is 1.